The van der Waals surface area contributed by atoms with E-state index in [-0.39, 0.29) is 5.91 Å². The van der Waals surface area contributed by atoms with Gasteiger partial charge in [0, 0.05) is 32.4 Å². The summed E-state index contributed by atoms with van der Waals surface area (Å²) in [5.41, 5.74) is 0.988. The third-order valence-corrected chi connectivity index (χ3v) is 5.17. The fourth-order valence-electron chi connectivity index (χ4n) is 3.00. The first-order valence-electron chi connectivity index (χ1n) is 8.43. The first-order valence-corrected chi connectivity index (χ1v) is 9.42. The molecule has 2 aromatic heterocycles. The van der Waals surface area contributed by atoms with E-state index in [0.717, 1.165) is 29.4 Å². The number of hydrogen-bond acceptors (Lipinski definition) is 7. The summed E-state index contributed by atoms with van der Waals surface area (Å²) in [7, 11) is 3.87. The summed E-state index contributed by atoms with van der Waals surface area (Å²) in [5.74, 6) is 1.12. The van der Waals surface area contributed by atoms with Crippen molar-refractivity contribution < 1.29 is 4.79 Å². The highest BCUT2D eigenvalue weighted by atomic mass is 32.2. The average molecular weight is 361 g/mol. The van der Waals surface area contributed by atoms with Gasteiger partial charge < -0.3 is 10.2 Å². The Hall–Kier alpha value is -2.16. The van der Waals surface area contributed by atoms with Crippen molar-refractivity contribution in [3.05, 3.63) is 23.9 Å². The molecule has 8 nitrogen and oxygen atoms in total. The normalized spacial score (nSPS) is 14.6. The number of carbonyl (C=O) groups excluding carboxylic acids is 1. The van der Waals surface area contributed by atoms with Gasteiger partial charge in [-0.15, -0.1) is 5.10 Å². The van der Waals surface area contributed by atoms with Crippen LogP contribution in [0.5, 0.6) is 0 Å². The van der Waals surface area contributed by atoms with Gasteiger partial charge >= 0.3 is 0 Å². The molecular formula is C16H23N7OS. The second-order valence-electron chi connectivity index (χ2n) is 6.29. The van der Waals surface area contributed by atoms with Gasteiger partial charge in [0.25, 0.3) is 0 Å². The number of nitrogens with one attached hydrogen (secondary N) is 1. The van der Waals surface area contributed by atoms with Crippen LogP contribution in [-0.4, -0.2) is 50.9 Å². The predicted molar refractivity (Wildman–Crippen MR) is 96.5 cm³/mol. The number of hydrogen-bond donors (Lipinski definition) is 1. The van der Waals surface area contributed by atoms with Crippen molar-refractivity contribution in [3.8, 4) is 0 Å². The van der Waals surface area contributed by atoms with Gasteiger partial charge in [0.05, 0.1) is 11.8 Å². The number of thioether (sulfide) groups is 1. The maximum Gasteiger partial charge on any atom is 0.230 e. The molecule has 1 amide bonds. The van der Waals surface area contributed by atoms with Gasteiger partial charge in [0.2, 0.25) is 11.1 Å². The molecule has 0 saturated heterocycles. The lowest BCUT2D eigenvalue weighted by molar-refractivity contribution is -0.118. The highest BCUT2D eigenvalue weighted by Gasteiger charge is 2.22. The Balaban J connectivity index is 1.52. The van der Waals surface area contributed by atoms with Crippen molar-refractivity contribution >= 4 is 23.5 Å². The second-order valence-corrected chi connectivity index (χ2v) is 7.23. The second kappa shape index (κ2) is 8.28. The fraction of sp³-hybridized carbons (Fsp3) is 0.562. The Labute approximate surface area is 151 Å². The zero-order chi connectivity index (χ0) is 17.6. The van der Waals surface area contributed by atoms with Crippen LogP contribution in [0, 0.1) is 0 Å². The van der Waals surface area contributed by atoms with Crippen LogP contribution in [0.3, 0.4) is 0 Å². The highest BCUT2D eigenvalue weighted by Crippen LogP contribution is 2.31. The number of carbonyl (C=O) groups is 1. The third-order valence-electron chi connectivity index (χ3n) is 4.23. The van der Waals surface area contributed by atoms with Crippen LogP contribution < -0.4 is 10.2 Å². The lowest BCUT2D eigenvalue weighted by atomic mass is 10.2. The lowest BCUT2D eigenvalue weighted by Gasteiger charge is -2.16. The molecule has 3 rings (SSSR count). The summed E-state index contributed by atoms with van der Waals surface area (Å²) >= 11 is 1.38. The molecule has 0 unspecified atom stereocenters. The summed E-state index contributed by atoms with van der Waals surface area (Å²) in [5, 5.41) is 15.6. The maximum absolute atomic E-state index is 12.2. The molecule has 0 radical (unpaired) electrons. The number of amides is 1. The van der Waals surface area contributed by atoms with Crippen molar-refractivity contribution in [3.63, 3.8) is 0 Å². The van der Waals surface area contributed by atoms with Crippen LogP contribution in [0.2, 0.25) is 0 Å². The summed E-state index contributed by atoms with van der Waals surface area (Å²) < 4.78 is 1.87. The SMILES string of the molecule is CN(C)c1ncccc1CNC(=O)CSc1nnnn1C1CCCC1. The van der Waals surface area contributed by atoms with Crippen LogP contribution in [-0.2, 0) is 11.3 Å². The largest absolute Gasteiger partial charge is 0.362 e. The minimum Gasteiger partial charge on any atom is -0.362 e. The summed E-state index contributed by atoms with van der Waals surface area (Å²) in [4.78, 5) is 18.5. The van der Waals surface area contributed by atoms with E-state index in [1.165, 1.54) is 24.6 Å². The molecule has 0 atom stereocenters. The fourth-order valence-corrected chi connectivity index (χ4v) is 3.78. The zero-order valence-electron chi connectivity index (χ0n) is 14.6. The summed E-state index contributed by atoms with van der Waals surface area (Å²) in [6.07, 6.45) is 6.40. The van der Waals surface area contributed by atoms with Crippen molar-refractivity contribution in [2.24, 2.45) is 0 Å². The van der Waals surface area contributed by atoms with Crippen LogP contribution in [0.25, 0.3) is 0 Å². The number of anilines is 1. The van der Waals surface area contributed by atoms with Gasteiger partial charge in [-0.3, -0.25) is 4.79 Å². The van der Waals surface area contributed by atoms with E-state index < -0.39 is 0 Å². The van der Waals surface area contributed by atoms with E-state index >= 15 is 0 Å². The van der Waals surface area contributed by atoms with E-state index in [9.17, 15) is 4.79 Å². The molecule has 2 aromatic rings. The predicted octanol–water partition coefficient (Wildman–Crippen LogP) is 1.66. The lowest BCUT2D eigenvalue weighted by Crippen LogP contribution is -2.26. The molecule has 0 spiro atoms. The number of pyridine rings is 1. The Kier molecular flexibility index (Phi) is 5.85. The van der Waals surface area contributed by atoms with Crippen LogP contribution in [0.1, 0.15) is 37.3 Å². The molecule has 0 bridgehead atoms. The van der Waals surface area contributed by atoms with Gasteiger partial charge in [0.1, 0.15) is 5.82 Å². The van der Waals surface area contributed by atoms with Crippen molar-refractivity contribution in [1.29, 1.82) is 0 Å². The van der Waals surface area contributed by atoms with Crippen molar-refractivity contribution in [1.82, 2.24) is 30.5 Å². The van der Waals surface area contributed by atoms with Crippen LogP contribution in [0.15, 0.2) is 23.5 Å². The molecule has 25 heavy (non-hydrogen) atoms. The van der Waals surface area contributed by atoms with E-state index in [1.807, 2.05) is 35.8 Å². The first-order chi connectivity index (χ1) is 12.1. The minimum absolute atomic E-state index is 0.0421. The molecule has 1 fully saturated rings. The van der Waals surface area contributed by atoms with Gasteiger partial charge in [-0.25, -0.2) is 9.67 Å². The van der Waals surface area contributed by atoms with E-state index in [0.29, 0.717) is 18.3 Å². The third kappa shape index (κ3) is 4.47. The zero-order valence-corrected chi connectivity index (χ0v) is 15.4. The van der Waals surface area contributed by atoms with Gasteiger partial charge in [-0.2, -0.15) is 0 Å². The van der Waals surface area contributed by atoms with E-state index in [4.69, 9.17) is 0 Å². The Morgan fingerprint density at radius 1 is 1.40 bits per heavy atom. The van der Waals surface area contributed by atoms with Crippen molar-refractivity contribution in [2.75, 3.05) is 24.7 Å². The average Bonchev–Trinajstić information content (AvgIpc) is 3.29. The van der Waals surface area contributed by atoms with Gasteiger partial charge in [0.15, 0.2) is 0 Å². The molecule has 1 N–H and O–H groups in total. The van der Waals surface area contributed by atoms with Gasteiger partial charge in [-0.05, 0) is 29.3 Å². The molecule has 1 aliphatic carbocycles. The molecule has 134 valence electrons. The topological polar surface area (TPSA) is 88.8 Å². The molecule has 1 saturated carbocycles. The molecule has 9 heteroatoms. The number of nitrogens with zero attached hydrogens (tertiary/aromatic N) is 6. The monoisotopic (exact) mass is 361 g/mol. The molecule has 2 heterocycles. The minimum atomic E-state index is -0.0421. The van der Waals surface area contributed by atoms with Crippen LogP contribution >= 0.6 is 11.8 Å². The van der Waals surface area contributed by atoms with E-state index in [2.05, 4.69) is 25.8 Å². The molecule has 0 aromatic carbocycles. The quantitative estimate of drug-likeness (QED) is 0.750. The van der Waals surface area contributed by atoms with Gasteiger partial charge in [-0.1, -0.05) is 30.7 Å². The summed E-state index contributed by atoms with van der Waals surface area (Å²) in [6, 6.07) is 4.22. The Morgan fingerprint density at radius 2 is 2.20 bits per heavy atom. The highest BCUT2D eigenvalue weighted by molar-refractivity contribution is 7.99. The molecule has 0 aliphatic heterocycles. The standard InChI is InChI=1S/C16H23N7OS/c1-22(2)15-12(6-5-9-17-15)10-18-14(24)11-25-16-19-20-21-23(16)13-7-3-4-8-13/h5-6,9,13H,3-4,7-8,10-11H2,1-2H3,(H,18,24). The Bertz CT molecular complexity index is 712. The number of rotatable bonds is 7. The summed E-state index contributed by atoms with van der Waals surface area (Å²) in [6.45, 7) is 0.453. The van der Waals surface area contributed by atoms with Crippen LogP contribution in [0.4, 0.5) is 5.82 Å². The number of tetrazole rings is 1. The first kappa shape index (κ1) is 17.7. The van der Waals surface area contributed by atoms with E-state index in [1.54, 1.807) is 6.20 Å². The number of aromatic nitrogens is 5. The Morgan fingerprint density at radius 3 is 2.96 bits per heavy atom. The molecular weight excluding hydrogens is 338 g/mol. The molecule has 1 aliphatic rings. The van der Waals surface area contributed by atoms with Crippen molar-refractivity contribution in [2.45, 2.75) is 43.4 Å². The maximum atomic E-state index is 12.2. The smallest absolute Gasteiger partial charge is 0.230 e.